The second-order valence-electron chi connectivity index (χ2n) is 6.31. The van der Waals surface area contributed by atoms with Crippen LogP contribution in [0.3, 0.4) is 0 Å². The summed E-state index contributed by atoms with van der Waals surface area (Å²) in [6.45, 7) is 0.325. The Bertz CT molecular complexity index is 1040. The minimum Gasteiger partial charge on any atom is -0.507 e. The average Bonchev–Trinajstić information content (AvgIpc) is 2.74. The van der Waals surface area contributed by atoms with Gasteiger partial charge >= 0.3 is 0 Å². The molecule has 29 heavy (non-hydrogen) atoms. The average molecular weight is 388 g/mol. The number of carbonyl (C=O) groups is 1. The number of anilines is 1. The Balaban J connectivity index is 1.65. The van der Waals surface area contributed by atoms with E-state index in [0.29, 0.717) is 30.2 Å². The Labute approximate surface area is 168 Å². The molecule has 0 saturated carbocycles. The first kappa shape index (κ1) is 19.8. The molecule has 1 amide bonds. The Kier molecular flexibility index (Phi) is 6.33. The number of hydrogen-bond acceptors (Lipinski definition) is 5. The van der Waals surface area contributed by atoms with Gasteiger partial charge in [0.1, 0.15) is 23.9 Å². The maximum Gasteiger partial charge on any atom is 0.259 e. The molecule has 0 spiro atoms. The lowest BCUT2D eigenvalue weighted by atomic mass is 10.1. The van der Waals surface area contributed by atoms with E-state index in [1.54, 1.807) is 18.2 Å². The molecule has 0 aromatic heterocycles. The minimum atomic E-state index is -0.437. The molecule has 0 atom stereocenters. The molecule has 0 aliphatic heterocycles. The molecule has 6 nitrogen and oxygen atoms in total. The van der Waals surface area contributed by atoms with E-state index < -0.39 is 5.91 Å². The molecule has 0 bridgehead atoms. The fourth-order valence-corrected chi connectivity index (χ4v) is 2.72. The summed E-state index contributed by atoms with van der Waals surface area (Å²) in [7, 11) is 1.49. The topological polar surface area (TPSA) is 91.6 Å². The molecule has 3 aromatic carbocycles. The fraction of sp³-hybridized carbons (Fsp3) is 0.130. The summed E-state index contributed by atoms with van der Waals surface area (Å²) in [5.74, 6) is 0.619. The van der Waals surface area contributed by atoms with Crippen LogP contribution in [0, 0.1) is 11.3 Å². The van der Waals surface area contributed by atoms with Crippen molar-refractivity contribution < 1.29 is 19.4 Å². The molecule has 6 heteroatoms. The summed E-state index contributed by atoms with van der Waals surface area (Å²) in [6, 6.07) is 21.2. The number of hydrogen-bond donors (Lipinski definition) is 2. The zero-order valence-electron chi connectivity index (χ0n) is 15.9. The van der Waals surface area contributed by atoms with Crippen molar-refractivity contribution in [3.8, 4) is 23.3 Å². The molecule has 3 rings (SSSR count). The highest BCUT2D eigenvalue weighted by Gasteiger charge is 2.13. The van der Waals surface area contributed by atoms with Crippen LogP contribution in [0.25, 0.3) is 0 Å². The van der Waals surface area contributed by atoms with Gasteiger partial charge in [-0.3, -0.25) is 4.79 Å². The molecule has 0 radical (unpaired) electrons. The Morgan fingerprint density at radius 1 is 1.03 bits per heavy atom. The van der Waals surface area contributed by atoms with Crippen molar-refractivity contribution in [3.63, 3.8) is 0 Å². The first-order valence-electron chi connectivity index (χ1n) is 8.95. The quantitative estimate of drug-likeness (QED) is 0.630. The van der Waals surface area contributed by atoms with E-state index in [2.05, 4.69) is 11.4 Å². The first-order chi connectivity index (χ1) is 14.1. The summed E-state index contributed by atoms with van der Waals surface area (Å²) in [4.78, 5) is 12.5. The van der Waals surface area contributed by atoms with Crippen LogP contribution in [-0.2, 0) is 13.0 Å². The second-order valence-corrected chi connectivity index (χ2v) is 6.31. The Morgan fingerprint density at radius 3 is 2.52 bits per heavy atom. The molecular formula is C23H20N2O4. The van der Waals surface area contributed by atoms with Gasteiger partial charge in [-0.2, -0.15) is 5.26 Å². The normalized spacial score (nSPS) is 10.1. The van der Waals surface area contributed by atoms with Crippen molar-refractivity contribution in [2.24, 2.45) is 0 Å². The van der Waals surface area contributed by atoms with E-state index in [9.17, 15) is 9.90 Å². The monoisotopic (exact) mass is 388 g/mol. The van der Waals surface area contributed by atoms with E-state index in [0.717, 1.165) is 11.1 Å². The summed E-state index contributed by atoms with van der Waals surface area (Å²) in [6.07, 6.45) is 0.366. The molecule has 146 valence electrons. The zero-order valence-corrected chi connectivity index (χ0v) is 15.9. The number of nitriles is 1. The van der Waals surface area contributed by atoms with Gasteiger partial charge in [0.25, 0.3) is 5.91 Å². The van der Waals surface area contributed by atoms with Crippen LogP contribution in [0.2, 0.25) is 0 Å². The van der Waals surface area contributed by atoms with Gasteiger partial charge in [0.2, 0.25) is 0 Å². The third-order valence-corrected chi connectivity index (χ3v) is 4.25. The number of methoxy groups -OCH3 is 1. The molecule has 0 fully saturated rings. The maximum atomic E-state index is 12.5. The first-order valence-corrected chi connectivity index (χ1v) is 8.95. The van der Waals surface area contributed by atoms with Gasteiger partial charge in [0.15, 0.2) is 0 Å². The second kappa shape index (κ2) is 9.29. The predicted octanol–water partition coefficient (Wildman–Crippen LogP) is 4.30. The number of ether oxygens (including phenoxy) is 2. The van der Waals surface area contributed by atoms with E-state index in [1.807, 2.05) is 36.4 Å². The summed E-state index contributed by atoms with van der Waals surface area (Å²) in [5, 5.41) is 21.4. The molecule has 0 aliphatic rings. The summed E-state index contributed by atoms with van der Waals surface area (Å²) >= 11 is 0. The molecule has 0 unspecified atom stereocenters. The van der Waals surface area contributed by atoms with Gasteiger partial charge in [-0.25, -0.2) is 0 Å². The van der Waals surface area contributed by atoms with Crippen molar-refractivity contribution in [3.05, 3.63) is 83.4 Å². The van der Waals surface area contributed by atoms with Crippen LogP contribution < -0.4 is 14.8 Å². The van der Waals surface area contributed by atoms with Crippen LogP contribution >= 0.6 is 0 Å². The van der Waals surface area contributed by atoms with Gasteiger partial charge in [-0.15, -0.1) is 0 Å². The van der Waals surface area contributed by atoms with Crippen LogP contribution in [0.15, 0.2) is 66.7 Å². The van der Waals surface area contributed by atoms with E-state index in [-0.39, 0.29) is 11.3 Å². The molecule has 3 aromatic rings. The lowest BCUT2D eigenvalue weighted by Crippen LogP contribution is -2.12. The van der Waals surface area contributed by atoms with E-state index in [1.165, 1.54) is 19.2 Å². The van der Waals surface area contributed by atoms with Gasteiger partial charge in [0, 0.05) is 5.69 Å². The summed E-state index contributed by atoms with van der Waals surface area (Å²) < 4.78 is 10.9. The number of amides is 1. The van der Waals surface area contributed by atoms with Crippen molar-refractivity contribution >= 4 is 11.6 Å². The Morgan fingerprint density at radius 2 is 1.79 bits per heavy atom. The molecular weight excluding hydrogens is 368 g/mol. The third kappa shape index (κ3) is 5.27. The number of rotatable bonds is 7. The molecule has 0 heterocycles. The number of phenols is 1. The number of aromatic hydroxyl groups is 1. The summed E-state index contributed by atoms with van der Waals surface area (Å²) in [5.41, 5.74) is 2.52. The number of nitrogens with one attached hydrogen (secondary N) is 1. The maximum absolute atomic E-state index is 12.5. The SMILES string of the molecule is COc1ccc(O)c(C(=O)Nc2cccc(COc3ccc(CC#N)cc3)c2)c1. The largest absolute Gasteiger partial charge is 0.507 e. The fourth-order valence-electron chi connectivity index (χ4n) is 2.72. The van der Waals surface area contributed by atoms with E-state index >= 15 is 0 Å². The third-order valence-electron chi connectivity index (χ3n) is 4.25. The zero-order chi connectivity index (χ0) is 20.6. The molecule has 2 N–H and O–H groups in total. The van der Waals surface area contributed by atoms with Crippen molar-refractivity contribution in [2.45, 2.75) is 13.0 Å². The van der Waals surface area contributed by atoms with Crippen LogP contribution in [0.5, 0.6) is 17.2 Å². The van der Waals surface area contributed by atoms with Crippen molar-refractivity contribution in [1.29, 1.82) is 5.26 Å². The van der Waals surface area contributed by atoms with Gasteiger partial charge in [-0.1, -0.05) is 24.3 Å². The number of nitrogens with zero attached hydrogens (tertiary/aromatic N) is 1. The highest BCUT2D eigenvalue weighted by atomic mass is 16.5. The van der Waals surface area contributed by atoms with Gasteiger partial charge in [0.05, 0.1) is 25.2 Å². The lowest BCUT2D eigenvalue weighted by molar-refractivity contribution is 0.102. The van der Waals surface area contributed by atoms with Gasteiger partial charge in [-0.05, 0) is 53.6 Å². The van der Waals surface area contributed by atoms with Crippen LogP contribution in [0.1, 0.15) is 21.5 Å². The Hall–Kier alpha value is -3.98. The standard InChI is InChI=1S/C23H20N2O4/c1-28-20-9-10-22(26)21(14-20)23(27)25-18-4-2-3-17(13-18)15-29-19-7-5-16(6-8-19)11-12-24/h2-10,13-14,26H,11,15H2,1H3,(H,25,27). The number of carbonyl (C=O) groups excluding carboxylic acids is 1. The number of phenolic OH excluding ortho intramolecular Hbond substituents is 1. The van der Waals surface area contributed by atoms with Crippen LogP contribution in [-0.4, -0.2) is 18.1 Å². The highest BCUT2D eigenvalue weighted by Crippen LogP contribution is 2.24. The molecule has 0 saturated heterocycles. The number of benzene rings is 3. The van der Waals surface area contributed by atoms with Crippen molar-refractivity contribution in [2.75, 3.05) is 12.4 Å². The van der Waals surface area contributed by atoms with Crippen LogP contribution in [0.4, 0.5) is 5.69 Å². The van der Waals surface area contributed by atoms with Crippen molar-refractivity contribution in [1.82, 2.24) is 0 Å². The lowest BCUT2D eigenvalue weighted by Gasteiger charge is -2.11. The smallest absolute Gasteiger partial charge is 0.259 e. The molecule has 0 aliphatic carbocycles. The predicted molar refractivity (Wildman–Crippen MR) is 109 cm³/mol. The van der Waals surface area contributed by atoms with Gasteiger partial charge < -0.3 is 19.9 Å². The van der Waals surface area contributed by atoms with E-state index in [4.69, 9.17) is 14.7 Å². The minimum absolute atomic E-state index is 0.123. The highest BCUT2D eigenvalue weighted by molar-refractivity contribution is 6.06.